The zero-order valence-electron chi connectivity index (χ0n) is 17.0. The van der Waals surface area contributed by atoms with Gasteiger partial charge in [0.1, 0.15) is 17.5 Å². The van der Waals surface area contributed by atoms with Crippen molar-refractivity contribution in [2.24, 2.45) is 5.10 Å². The van der Waals surface area contributed by atoms with Gasteiger partial charge in [-0.25, -0.2) is 14.5 Å². The molecule has 11 heteroatoms. The maximum absolute atomic E-state index is 13.1. The number of hydrogen-bond donors (Lipinski definition) is 1. The molecule has 0 aliphatic heterocycles. The van der Waals surface area contributed by atoms with Crippen molar-refractivity contribution in [3.63, 3.8) is 0 Å². The Labute approximate surface area is 187 Å². The number of nitrogens with zero attached hydrogens (tertiary/aromatic N) is 7. The Morgan fingerprint density at radius 1 is 1.16 bits per heavy atom. The fourth-order valence-corrected chi connectivity index (χ4v) is 3.21. The summed E-state index contributed by atoms with van der Waals surface area (Å²) in [4.78, 5) is 13.3. The number of tetrazole rings is 1. The fourth-order valence-electron chi connectivity index (χ4n) is 2.93. The summed E-state index contributed by atoms with van der Waals surface area (Å²) in [5.74, 6) is -0.305. The number of aromatic nitrogens is 6. The maximum atomic E-state index is 13.1. The van der Waals surface area contributed by atoms with Crippen LogP contribution in [0.4, 0.5) is 4.39 Å². The van der Waals surface area contributed by atoms with Gasteiger partial charge >= 0.3 is 0 Å². The van der Waals surface area contributed by atoms with Crippen LogP contribution in [0.1, 0.15) is 16.8 Å². The lowest BCUT2D eigenvalue weighted by Gasteiger charge is -2.03. The summed E-state index contributed by atoms with van der Waals surface area (Å²) in [6, 6.07) is 15.4. The molecular weight excluding hydrogens is 435 g/mol. The molecule has 0 spiro atoms. The summed E-state index contributed by atoms with van der Waals surface area (Å²) >= 11 is 6.41. The van der Waals surface area contributed by atoms with Crippen molar-refractivity contribution in [3.05, 3.63) is 82.4 Å². The van der Waals surface area contributed by atoms with Gasteiger partial charge in [0, 0.05) is 5.56 Å². The summed E-state index contributed by atoms with van der Waals surface area (Å²) in [5.41, 5.74) is 5.28. The van der Waals surface area contributed by atoms with Crippen LogP contribution in [0.15, 0.2) is 59.7 Å². The van der Waals surface area contributed by atoms with Crippen molar-refractivity contribution >= 4 is 23.7 Å². The first-order valence-corrected chi connectivity index (χ1v) is 10.00. The average Bonchev–Trinajstić information content (AvgIpc) is 3.36. The molecule has 0 bridgehead atoms. The van der Waals surface area contributed by atoms with Crippen LogP contribution < -0.4 is 5.43 Å². The molecule has 0 atom stereocenters. The molecule has 1 amide bonds. The predicted molar refractivity (Wildman–Crippen MR) is 116 cm³/mol. The lowest BCUT2D eigenvalue weighted by Crippen LogP contribution is -2.24. The van der Waals surface area contributed by atoms with E-state index in [1.807, 2.05) is 30.3 Å². The van der Waals surface area contributed by atoms with E-state index in [0.29, 0.717) is 28.8 Å². The van der Waals surface area contributed by atoms with Crippen molar-refractivity contribution in [2.75, 3.05) is 0 Å². The third-order valence-corrected chi connectivity index (χ3v) is 4.91. The Kier molecular flexibility index (Phi) is 6.31. The van der Waals surface area contributed by atoms with Crippen LogP contribution in [-0.4, -0.2) is 42.1 Å². The van der Waals surface area contributed by atoms with Crippen LogP contribution >= 0.6 is 11.6 Å². The lowest BCUT2D eigenvalue weighted by atomic mass is 10.2. The number of benzene rings is 2. The minimum absolute atomic E-state index is 0.145. The highest BCUT2D eigenvalue weighted by Gasteiger charge is 2.13. The molecule has 1 N–H and O–H groups in total. The van der Waals surface area contributed by atoms with E-state index in [2.05, 4.69) is 31.0 Å². The topological polar surface area (TPSA) is 103 Å². The van der Waals surface area contributed by atoms with Crippen molar-refractivity contribution in [3.8, 4) is 11.4 Å². The number of amides is 1. The molecule has 2 heterocycles. The zero-order chi connectivity index (χ0) is 22.5. The van der Waals surface area contributed by atoms with Gasteiger partial charge in [-0.15, -0.1) is 10.2 Å². The number of halogens is 2. The molecule has 2 aromatic carbocycles. The van der Waals surface area contributed by atoms with Crippen LogP contribution in [-0.2, 0) is 17.9 Å². The van der Waals surface area contributed by atoms with Crippen LogP contribution in [0.2, 0.25) is 5.15 Å². The molecule has 9 nitrogen and oxygen atoms in total. The van der Waals surface area contributed by atoms with E-state index in [9.17, 15) is 9.18 Å². The normalized spacial score (nSPS) is 11.2. The molecule has 162 valence electrons. The van der Waals surface area contributed by atoms with Crippen molar-refractivity contribution in [1.29, 1.82) is 0 Å². The van der Waals surface area contributed by atoms with Crippen LogP contribution in [0, 0.1) is 12.7 Å². The quantitative estimate of drug-likeness (QED) is 0.343. The Hall–Kier alpha value is -3.92. The number of aryl methyl sites for hydroxylation is 1. The summed E-state index contributed by atoms with van der Waals surface area (Å²) in [6.07, 6.45) is 1.42. The standard InChI is InChI=1S/C21H18ClFN8O/c1-14-18(20(22)30(27-14)12-15-7-9-17(23)10-8-15)11-24-25-19(32)13-31-28-21(26-29-31)16-5-3-2-4-6-16/h2-11H,12-13H2,1H3,(H,25,32). The first kappa shape index (κ1) is 21.3. The molecule has 0 aliphatic rings. The Morgan fingerprint density at radius 3 is 2.66 bits per heavy atom. The first-order valence-electron chi connectivity index (χ1n) is 9.62. The number of rotatable bonds is 7. The van der Waals surface area contributed by atoms with E-state index in [4.69, 9.17) is 11.6 Å². The highest BCUT2D eigenvalue weighted by Crippen LogP contribution is 2.19. The second kappa shape index (κ2) is 9.48. The van der Waals surface area contributed by atoms with Crippen LogP contribution in [0.25, 0.3) is 11.4 Å². The van der Waals surface area contributed by atoms with E-state index >= 15 is 0 Å². The SMILES string of the molecule is Cc1nn(Cc2ccc(F)cc2)c(Cl)c1C=NNC(=O)Cn1nnc(-c2ccccc2)n1. The molecule has 4 rings (SSSR count). The number of hydrazone groups is 1. The molecular formula is C21H18ClFN8O. The van der Waals surface area contributed by atoms with Crippen molar-refractivity contribution in [1.82, 2.24) is 35.4 Å². The molecule has 0 saturated heterocycles. The van der Waals surface area contributed by atoms with Gasteiger partial charge in [-0.1, -0.05) is 54.1 Å². The molecule has 32 heavy (non-hydrogen) atoms. The van der Waals surface area contributed by atoms with Gasteiger partial charge in [0.05, 0.1) is 24.0 Å². The zero-order valence-corrected chi connectivity index (χ0v) is 17.7. The smallest absolute Gasteiger partial charge is 0.263 e. The van der Waals surface area contributed by atoms with Gasteiger partial charge in [-0.05, 0) is 29.8 Å². The Balaban J connectivity index is 1.36. The third-order valence-electron chi connectivity index (χ3n) is 4.51. The Bertz CT molecular complexity index is 1250. The molecule has 0 saturated carbocycles. The van der Waals surface area contributed by atoms with Gasteiger partial charge < -0.3 is 0 Å². The van der Waals surface area contributed by atoms with Gasteiger partial charge in [0.2, 0.25) is 5.82 Å². The van der Waals surface area contributed by atoms with E-state index in [1.54, 1.807) is 23.7 Å². The van der Waals surface area contributed by atoms with Crippen LogP contribution in [0.3, 0.4) is 0 Å². The molecule has 0 radical (unpaired) electrons. The fraction of sp³-hybridized carbons (Fsp3) is 0.143. The number of nitrogens with one attached hydrogen (secondary N) is 1. The van der Waals surface area contributed by atoms with Gasteiger partial charge in [0.15, 0.2) is 0 Å². The highest BCUT2D eigenvalue weighted by molar-refractivity contribution is 6.32. The van der Waals surface area contributed by atoms with Crippen molar-refractivity contribution in [2.45, 2.75) is 20.0 Å². The van der Waals surface area contributed by atoms with E-state index in [0.717, 1.165) is 11.1 Å². The highest BCUT2D eigenvalue weighted by atomic mass is 35.5. The number of carbonyl (C=O) groups is 1. The Morgan fingerprint density at radius 2 is 1.91 bits per heavy atom. The van der Waals surface area contributed by atoms with Gasteiger partial charge in [0.25, 0.3) is 5.91 Å². The monoisotopic (exact) mass is 452 g/mol. The minimum Gasteiger partial charge on any atom is -0.271 e. The second-order valence-corrected chi connectivity index (χ2v) is 7.23. The average molecular weight is 453 g/mol. The molecule has 2 aromatic heterocycles. The van der Waals surface area contributed by atoms with E-state index < -0.39 is 5.91 Å². The minimum atomic E-state index is -0.425. The lowest BCUT2D eigenvalue weighted by molar-refractivity contribution is -0.122. The molecule has 4 aromatic rings. The van der Waals surface area contributed by atoms with Crippen molar-refractivity contribution < 1.29 is 9.18 Å². The largest absolute Gasteiger partial charge is 0.271 e. The number of hydrogen-bond acceptors (Lipinski definition) is 6. The van der Waals surface area contributed by atoms with E-state index in [1.165, 1.54) is 23.1 Å². The second-order valence-electron chi connectivity index (χ2n) is 6.88. The first-order chi connectivity index (χ1) is 15.5. The third kappa shape index (κ3) is 5.03. The van der Waals surface area contributed by atoms with E-state index in [-0.39, 0.29) is 12.4 Å². The summed E-state index contributed by atoms with van der Waals surface area (Å²) in [6.45, 7) is 2.01. The molecule has 0 fully saturated rings. The summed E-state index contributed by atoms with van der Waals surface area (Å²) in [7, 11) is 0. The molecule has 0 aliphatic carbocycles. The van der Waals surface area contributed by atoms with Crippen LogP contribution in [0.5, 0.6) is 0 Å². The maximum Gasteiger partial charge on any atom is 0.263 e. The van der Waals surface area contributed by atoms with Gasteiger partial charge in [-0.3, -0.25) is 4.79 Å². The predicted octanol–water partition coefficient (Wildman–Crippen LogP) is 2.84. The van der Waals surface area contributed by atoms with Gasteiger partial charge in [-0.2, -0.15) is 15.0 Å². The summed E-state index contributed by atoms with van der Waals surface area (Å²) in [5, 5.41) is 20.7. The summed E-state index contributed by atoms with van der Waals surface area (Å²) < 4.78 is 14.7. The number of carbonyl (C=O) groups excluding carboxylic acids is 1. The molecule has 0 unspecified atom stereocenters.